The molecule has 18 heavy (non-hydrogen) atoms. The normalized spacial score (nSPS) is 13.4. The van der Waals surface area contributed by atoms with Crippen LogP contribution in [0.3, 0.4) is 0 Å². The quantitative estimate of drug-likeness (QED) is 0.843. The molecule has 0 fully saturated rings. The standard InChI is InChI=1S/C12H17F3N2S/c1-11(2,3)17-7-5-4-6-9-8-16-10(18-9)12(13,14)15/h4,6,8,17H,5,7H2,1-3H3/b6-4+. The lowest BCUT2D eigenvalue weighted by Crippen LogP contribution is -2.36. The fraction of sp³-hybridized carbons (Fsp3) is 0.583. The van der Waals surface area contributed by atoms with Crippen molar-refractivity contribution in [2.45, 2.75) is 38.9 Å². The highest BCUT2D eigenvalue weighted by atomic mass is 32.1. The zero-order valence-corrected chi connectivity index (χ0v) is 11.5. The minimum absolute atomic E-state index is 0.0573. The van der Waals surface area contributed by atoms with Crippen LogP contribution < -0.4 is 5.32 Å². The van der Waals surface area contributed by atoms with Gasteiger partial charge in [-0.3, -0.25) is 0 Å². The van der Waals surface area contributed by atoms with E-state index in [1.54, 1.807) is 6.08 Å². The SMILES string of the molecule is CC(C)(C)NCC/C=C/c1cnc(C(F)(F)F)s1. The number of nitrogens with zero attached hydrogens (tertiary/aromatic N) is 1. The van der Waals surface area contributed by atoms with E-state index in [-0.39, 0.29) is 5.54 Å². The molecule has 1 N–H and O–H groups in total. The molecule has 1 aromatic heterocycles. The van der Waals surface area contributed by atoms with Gasteiger partial charge in [0.2, 0.25) is 0 Å². The maximum atomic E-state index is 12.3. The molecule has 0 amide bonds. The third-order valence-electron chi connectivity index (χ3n) is 2.01. The first-order valence-electron chi connectivity index (χ1n) is 5.63. The molecule has 0 aromatic carbocycles. The maximum Gasteiger partial charge on any atom is 0.443 e. The average molecular weight is 278 g/mol. The Morgan fingerprint density at radius 3 is 2.50 bits per heavy atom. The van der Waals surface area contributed by atoms with E-state index < -0.39 is 11.2 Å². The Bertz CT molecular complexity index is 402. The summed E-state index contributed by atoms with van der Waals surface area (Å²) >= 11 is 0.660. The van der Waals surface area contributed by atoms with Crippen molar-refractivity contribution >= 4 is 17.4 Å². The summed E-state index contributed by atoms with van der Waals surface area (Å²) in [7, 11) is 0. The van der Waals surface area contributed by atoms with Crippen LogP contribution in [0.25, 0.3) is 6.08 Å². The first kappa shape index (κ1) is 15.2. The van der Waals surface area contributed by atoms with Gasteiger partial charge in [0, 0.05) is 16.6 Å². The molecule has 1 heterocycles. The molecule has 0 saturated heterocycles. The van der Waals surface area contributed by atoms with E-state index in [4.69, 9.17) is 0 Å². The molecule has 0 aliphatic rings. The lowest BCUT2D eigenvalue weighted by atomic mass is 10.1. The van der Waals surface area contributed by atoms with E-state index in [9.17, 15) is 13.2 Å². The van der Waals surface area contributed by atoms with Gasteiger partial charge in [0.05, 0.1) is 0 Å². The highest BCUT2D eigenvalue weighted by Crippen LogP contribution is 2.32. The number of thiazole rings is 1. The van der Waals surface area contributed by atoms with Gasteiger partial charge in [-0.1, -0.05) is 6.08 Å². The van der Waals surface area contributed by atoms with E-state index in [2.05, 4.69) is 31.1 Å². The summed E-state index contributed by atoms with van der Waals surface area (Å²) < 4.78 is 36.9. The molecule has 0 aliphatic carbocycles. The third-order valence-corrected chi connectivity index (χ3v) is 3.02. The molecule has 0 radical (unpaired) electrons. The van der Waals surface area contributed by atoms with Gasteiger partial charge in [-0.05, 0) is 39.8 Å². The number of hydrogen-bond acceptors (Lipinski definition) is 3. The lowest BCUT2D eigenvalue weighted by molar-refractivity contribution is -0.137. The Balaban J connectivity index is 2.41. The fourth-order valence-corrected chi connectivity index (χ4v) is 1.94. The van der Waals surface area contributed by atoms with Crippen molar-refractivity contribution in [2.75, 3.05) is 6.54 Å². The van der Waals surface area contributed by atoms with Crippen molar-refractivity contribution < 1.29 is 13.2 Å². The van der Waals surface area contributed by atoms with Gasteiger partial charge in [0.15, 0.2) is 5.01 Å². The van der Waals surface area contributed by atoms with E-state index in [0.717, 1.165) is 13.0 Å². The predicted octanol–water partition coefficient (Wildman–Crippen LogP) is 3.95. The Labute approximate surface area is 109 Å². The van der Waals surface area contributed by atoms with Crippen molar-refractivity contribution in [3.8, 4) is 0 Å². The molecule has 1 rings (SSSR count). The topological polar surface area (TPSA) is 24.9 Å². The fourth-order valence-electron chi connectivity index (χ4n) is 1.22. The summed E-state index contributed by atoms with van der Waals surface area (Å²) in [6, 6.07) is 0. The summed E-state index contributed by atoms with van der Waals surface area (Å²) in [5, 5.41) is 2.50. The summed E-state index contributed by atoms with van der Waals surface area (Å²) in [6.45, 7) is 6.99. The largest absolute Gasteiger partial charge is 0.443 e. The van der Waals surface area contributed by atoms with Gasteiger partial charge < -0.3 is 5.32 Å². The van der Waals surface area contributed by atoms with Gasteiger partial charge in [-0.15, -0.1) is 11.3 Å². The Morgan fingerprint density at radius 2 is 2.00 bits per heavy atom. The summed E-state index contributed by atoms with van der Waals surface area (Å²) in [5.41, 5.74) is 0.0573. The monoisotopic (exact) mass is 278 g/mol. The van der Waals surface area contributed by atoms with Crippen LogP contribution in [0.2, 0.25) is 0 Å². The van der Waals surface area contributed by atoms with Gasteiger partial charge in [0.25, 0.3) is 0 Å². The molecule has 0 atom stereocenters. The van der Waals surface area contributed by atoms with Gasteiger partial charge in [0.1, 0.15) is 0 Å². The minimum Gasteiger partial charge on any atom is -0.312 e. The molecule has 2 nitrogen and oxygen atoms in total. The summed E-state index contributed by atoms with van der Waals surface area (Å²) in [6.07, 6.45) is 1.21. The van der Waals surface area contributed by atoms with E-state index in [1.165, 1.54) is 6.20 Å². The number of halogens is 3. The number of hydrogen-bond donors (Lipinski definition) is 1. The highest BCUT2D eigenvalue weighted by Gasteiger charge is 2.34. The molecule has 0 unspecified atom stereocenters. The van der Waals surface area contributed by atoms with Crippen LogP contribution in [0.15, 0.2) is 12.3 Å². The smallest absolute Gasteiger partial charge is 0.312 e. The molecule has 0 bridgehead atoms. The van der Waals surface area contributed by atoms with Crippen LogP contribution in [-0.2, 0) is 6.18 Å². The van der Waals surface area contributed by atoms with E-state index >= 15 is 0 Å². The summed E-state index contributed by atoms with van der Waals surface area (Å²) in [4.78, 5) is 3.88. The molecule has 6 heteroatoms. The average Bonchev–Trinajstić information content (AvgIpc) is 2.63. The Hall–Kier alpha value is -0.880. The van der Waals surface area contributed by atoms with E-state index in [1.807, 2.05) is 6.08 Å². The third kappa shape index (κ3) is 5.64. The Kier molecular flexibility index (Phi) is 4.92. The van der Waals surface area contributed by atoms with Crippen molar-refractivity contribution in [1.82, 2.24) is 10.3 Å². The van der Waals surface area contributed by atoms with Crippen molar-refractivity contribution in [1.29, 1.82) is 0 Å². The molecular formula is C12H17F3N2S. The molecular weight excluding hydrogens is 261 g/mol. The van der Waals surface area contributed by atoms with Crippen LogP contribution in [0.4, 0.5) is 13.2 Å². The molecule has 0 aliphatic heterocycles. The first-order valence-corrected chi connectivity index (χ1v) is 6.45. The zero-order valence-electron chi connectivity index (χ0n) is 10.6. The zero-order chi connectivity index (χ0) is 13.8. The van der Waals surface area contributed by atoms with Crippen molar-refractivity contribution in [2.24, 2.45) is 0 Å². The number of aromatic nitrogens is 1. The van der Waals surface area contributed by atoms with Crippen LogP contribution in [-0.4, -0.2) is 17.1 Å². The van der Waals surface area contributed by atoms with Crippen LogP contribution in [0, 0.1) is 0 Å². The predicted molar refractivity (Wildman–Crippen MR) is 68.5 cm³/mol. The first-order chi connectivity index (χ1) is 8.18. The number of alkyl halides is 3. The van der Waals surface area contributed by atoms with Crippen molar-refractivity contribution in [3.63, 3.8) is 0 Å². The number of rotatable bonds is 4. The highest BCUT2D eigenvalue weighted by molar-refractivity contribution is 7.12. The second kappa shape index (κ2) is 5.84. The second-order valence-electron chi connectivity index (χ2n) is 4.93. The molecule has 0 spiro atoms. The molecule has 102 valence electrons. The van der Waals surface area contributed by atoms with Gasteiger partial charge in [-0.25, -0.2) is 4.98 Å². The van der Waals surface area contributed by atoms with Crippen molar-refractivity contribution in [3.05, 3.63) is 22.2 Å². The Morgan fingerprint density at radius 1 is 1.33 bits per heavy atom. The van der Waals surface area contributed by atoms with Crippen LogP contribution in [0.5, 0.6) is 0 Å². The molecule has 0 saturated carbocycles. The van der Waals surface area contributed by atoms with Gasteiger partial charge in [-0.2, -0.15) is 13.2 Å². The summed E-state index contributed by atoms with van der Waals surface area (Å²) in [5.74, 6) is 0. The van der Waals surface area contributed by atoms with Crippen LogP contribution in [0.1, 0.15) is 37.1 Å². The molecule has 1 aromatic rings. The second-order valence-corrected chi connectivity index (χ2v) is 6.00. The van der Waals surface area contributed by atoms with Crippen LogP contribution >= 0.6 is 11.3 Å². The van der Waals surface area contributed by atoms with E-state index in [0.29, 0.717) is 16.2 Å². The minimum atomic E-state index is -4.34. The maximum absolute atomic E-state index is 12.3. The van der Waals surface area contributed by atoms with Gasteiger partial charge >= 0.3 is 6.18 Å². The lowest BCUT2D eigenvalue weighted by Gasteiger charge is -2.19. The number of nitrogens with one attached hydrogen (secondary N) is 1.